The number of hydrogen-bond donors (Lipinski definition) is 1. The Balaban J connectivity index is 1.84. The second kappa shape index (κ2) is 8.40. The highest BCUT2D eigenvalue weighted by Crippen LogP contribution is 2.55. The molecule has 0 amide bonds. The molecule has 6 nitrogen and oxygen atoms in total. The van der Waals surface area contributed by atoms with Crippen molar-refractivity contribution in [3.63, 3.8) is 0 Å². The van der Waals surface area contributed by atoms with Crippen molar-refractivity contribution in [3.05, 3.63) is 41.5 Å². The number of aliphatic carboxylic acids is 1. The number of ketones is 1. The van der Waals surface area contributed by atoms with Gasteiger partial charge in [0, 0.05) is 17.5 Å². The molecule has 0 aromatic heterocycles. The number of carboxylic acid groups (broad SMARTS) is 1. The molecule has 1 N–H and O–H groups in total. The molecule has 33 heavy (non-hydrogen) atoms. The van der Waals surface area contributed by atoms with Crippen molar-refractivity contribution in [3.8, 4) is 28.4 Å². The highest BCUT2D eigenvalue weighted by atomic mass is 16.5. The maximum absolute atomic E-state index is 12.2. The predicted octanol–water partition coefficient (Wildman–Crippen LogP) is 5.55. The van der Waals surface area contributed by atoms with E-state index in [4.69, 9.17) is 14.2 Å². The Morgan fingerprint density at radius 1 is 1.03 bits per heavy atom. The minimum Gasteiger partial charge on any atom is -0.493 e. The zero-order valence-electron chi connectivity index (χ0n) is 20.0. The third-order valence-electron chi connectivity index (χ3n) is 6.73. The predicted molar refractivity (Wildman–Crippen MR) is 125 cm³/mol. The van der Waals surface area contributed by atoms with Gasteiger partial charge < -0.3 is 19.3 Å². The molecule has 176 valence electrons. The van der Waals surface area contributed by atoms with Crippen LogP contribution in [0.1, 0.15) is 62.4 Å². The minimum atomic E-state index is -0.900. The van der Waals surface area contributed by atoms with Gasteiger partial charge in [-0.25, -0.2) is 0 Å². The third kappa shape index (κ3) is 4.31. The molecule has 2 aromatic rings. The zero-order chi connectivity index (χ0) is 24.0. The summed E-state index contributed by atoms with van der Waals surface area (Å²) in [5.74, 6) is 0.774. The Morgan fingerprint density at radius 2 is 1.73 bits per heavy atom. The van der Waals surface area contributed by atoms with Gasteiger partial charge in [0.2, 0.25) is 5.75 Å². The first-order valence-corrected chi connectivity index (χ1v) is 11.4. The maximum atomic E-state index is 12.2. The summed E-state index contributed by atoms with van der Waals surface area (Å²) in [6.45, 7) is 6.26. The van der Waals surface area contributed by atoms with Gasteiger partial charge in [-0.05, 0) is 54.4 Å². The molecule has 6 heteroatoms. The topological polar surface area (TPSA) is 82.1 Å². The lowest BCUT2D eigenvalue weighted by Crippen LogP contribution is -2.38. The normalized spacial score (nSPS) is 17.3. The van der Waals surface area contributed by atoms with Crippen LogP contribution in [-0.4, -0.2) is 37.2 Å². The Hall–Kier alpha value is -3.02. The van der Waals surface area contributed by atoms with Crippen LogP contribution in [-0.2, 0) is 11.2 Å². The van der Waals surface area contributed by atoms with E-state index in [1.807, 2.05) is 30.3 Å². The maximum Gasteiger partial charge on any atom is 0.313 e. The molecule has 0 aliphatic heterocycles. The number of carbonyl (C=O) groups excluding carboxylic acids is 1. The van der Waals surface area contributed by atoms with Crippen molar-refractivity contribution in [1.82, 2.24) is 0 Å². The van der Waals surface area contributed by atoms with E-state index in [2.05, 4.69) is 20.8 Å². The van der Waals surface area contributed by atoms with Gasteiger partial charge in [0.25, 0.3) is 0 Å². The Bertz CT molecular complexity index is 1090. The fraction of sp³-hybridized carbons (Fsp3) is 0.481. The molecule has 2 aliphatic carbocycles. The summed E-state index contributed by atoms with van der Waals surface area (Å²) in [4.78, 5) is 24.3. The van der Waals surface area contributed by atoms with E-state index < -0.39 is 17.5 Å². The van der Waals surface area contributed by atoms with Gasteiger partial charge in [-0.3, -0.25) is 9.59 Å². The number of carbonyl (C=O) groups is 2. The molecule has 0 radical (unpaired) electrons. The first-order chi connectivity index (χ1) is 15.6. The van der Waals surface area contributed by atoms with Crippen molar-refractivity contribution < 1.29 is 28.9 Å². The lowest BCUT2D eigenvalue weighted by Gasteiger charge is -2.32. The van der Waals surface area contributed by atoms with Gasteiger partial charge in [0.15, 0.2) is 17.3 Å². The molecule has 0 heterocycles. The van der Waals surface area contributed by atoms with Crippen molar-refractivity contribution in [2.24, 2.45) is 10.8 Å². The van der Waals surface area contributed by atoms with Gasteiger partial charge in [-0.2, -0.15) is 0 Å². The molecule has 1 fully saturated rings. The van der Waals surface area contributed by atoms with Crippen LogP contribution < -0.4 is 14.2 Å². The molecule has 1 unspecified atom stereocenters. The van der Waals surface area contributed by atoms with Gasteiger partial charge in [-0.15, -0.1) is 0 Å². The Kier molecular flexibility index (Phi) is 5.89. The van der Waals surface area contributed by atoms with E-state index >= 15 is 0 Å². The average molecular weight is 453 g/mol. The van der Waals surface area contributed by atoms with Crippen molar-refractivity contribution in [1.29, 1.82) is 0 Å². The molecule has 2 aliphatic rings. The first kappa shape index (κ1) is 23.1. The van der Waals surface area contributed by atoms with E-state index in [-0.39, 0.29) is 11.2 Å². The summed E-state index contributed by atoms with van der Waals surface area (Å²) in [7, 11) is 3.12. The number of Topliss-reactive ketones (excluding diaryl/α,β-unsaturated/α-hetero) is 1. The fourth-order valence-corrected chi connectivity index (χ4v) is 4.72. The van der Waals surface area contributed by atoms with Gasteiger partial charge >= 0.3 is 5.97 Å². The van der Waals surface area contributed by atoms with E-state index in [1.54, 1.807) is 14.2 Å². The average Bonchev–Trinajstić information content (AvgIpc) is 3.50. The standard InChI is InChI=1S/C27H32O6/c1-26(2,3)15-22(27(12-13-27)25(29)30)33-23-19(9-11-21(31-4)24(23)32-5)17-6-8-18-16(14-17)7-10-20(18)28/h6,8-9,11,14,22H,7,10,12-13,15H2,1-5H3,(H,29,30). The number of carboxylic acids is 1. The second-order valence-corrected chi connectivity index (χ2v) is 10.3. The van der Waals surface area contributed by atoms with E-state index in [0.717, 1.165) is 28.7 Å². The van der Waals surface area contributed by atoms with Crippen LogP contribution in [0.5, 0.6) is 17.2 Å². The summed E-state index contributed by atoms with van der Waals surface area (Å²) in [5.41, 5.74) is 2.45. The number of hydrogen-bond acceptors (Lipinski definition) is 5. The highest BCUT2D eigenvalue weighted by molar-refractivity contribution is 6.01. The molecule has 0 bridgehead atoms. The quantitative estimate of drug-likeness (QED) is 0.566. The molecule has 4 rings (SSSR count). The molecule has 0 spiro atoms. The van der Waals surface area contributed by atoms with Crippen molar-refractivity contribution in [2.75, 3.05) is 14.2 Å². The molecule has 1 saturated carbocycles. The largest absolute Gasteiger partial charge is 0.493 e. The molecule has 2 aromatic carbocycles. The molecular formula is C27H32O6. The van der Waals surface area contributed by atoms with E-state index in [9.17, 15) is 14.7 Å². The summed E-state index contributed by atoms with van der Waals surface area (Å²) in [5, 5.41) is 10.0. The Morgan fingerprint density at radius 3 is 2.30 bits per heavy atom. The third-order valence-corrected chi connectivity index (χ3v) is 6.73. The highest BCUT2D eigenvalue weighted by Gasteiger charge is 2.58. The SMILES string of the molecule is COc1ccc(-c2ccc3c(c2)CCC3=O)c(OC(CC(C)(C)C)C2(C(=O)O)CC2)c1OC. The Labute approximate surface area is 194 Å². The number of methoxy groups -OCH3 is 2. The van der Waals surface area contributed by atoms with E-state index in [0.29, 0.717) is 42.9 Å². The number of fused-ring (bicyclic) bond motifs is 1. The van der Waals surface area contributed by atoms with Crippen LogP contribution in [0.4, 0.5) is 0 Å². The van der Waals surface area contributed by atoms with Crippen LogP contribution in [0.2, 0.25) is 0 Å². The summed E-state index contributed by atoms with van der Waals surface area (Å²) in [6.07, 6.45) is 2.49. The smallest absolute Gasteiger partial charge is 0.313 e. The number of aryl methyl sites for hydroxylation is 1. The van der Waals surface area contributed by atoms with Gasteiger partial charge in [0.05, 0.1) is 14.2 Å². The van der Waals surface area contributed by atoms with Crippen molar-refractivity contribution >= 4 is 11.8 Å². The summed E-state index contributed by atoms with van der Waals surface area (Å²) in [6, 6.07) is 9.54. The van der Waals surface area contributed by atoms with Gasteiger partial charge in [0.1, 0.15) is 11.5 Å². The monoisotopic (exact) mass is 452 g/mol. The molecular weight excluding hydrogens is 420 g/mol. The fourth-order valence-electron chi connectivity index (χ4n) is 4.72. The summed E-state index contributed by atoms with van der Waals surface area (Å²) >= 11 is 0. The van der Waals surface area contributed by atoms with Crippen LogP contribution in [0.3, 0.4) is 0 Å². The molecule has 0 saturated heterocycles. The van der Waals surface area contributed by atoms with Crippen LogP contribution >= 0.6 is 0 Å². The van der Waals surface area contributed by atoms with Crippen LogP contribution in [0.15, 0.2) is 30.3 Å². The first-order valence-electron chi connectivity index (χ1n) is 11.4. The number of benzene rings is 2. The van der Waals surface area contributed by atoms with Crippen molar-refractivity contribution in [2.45, 2.75) is 59.0 Å². The van der Waals surface area contributed by atoms with E-state index in [1.165, 1.54) is 0 Å². The lowest BCUT2D eigenvalue weighted by molar-refractivity contribution is -0.148. The minimum absolute atomic E-state index is 0.129. The lowest BCUT2D eigenvalue weighted by atomic mass is 9.83. The van der Waals surface area contributed by atoms with Gasteiger partial charge in [-0.1, -0.05) is 39.0 Å². The van der Waals surface area contributed by atoms with Crippen LogP contribution in [0.25, 0.3) is 11.1 Å². The zero-order valence-corrected chi connectivity index (χ0v) is 20.0. The summed E-state index contributed by atoms with van der Waals surface area (Å²) < 4.78 is 17.9. The second-order valence-electron chi connectivity index (χ2n) is 10.3. The molecule has 1 atom stereocenters. The van der Waals surface area contributed by atoms with Crippen LogP contribution in [0, 0.1) is 10.8 Å². The number of rotatable bonds is 8. The number of ether oxygens (including phenoxy) is 3.